The van der Waals surface area contributed by atoms with E-state index >= 15 is 0 Å². The van der Waals surface area contributed by atoms with Gasteiger partial charge in [-0.05, 0) is 12.5 Å². The summed E-state index contributed by atoms with van der Waals surface area (Å²) in [6.45, 7) is 0. The molecule has 1 nitrogen and oxygen atoms in total. The van der Waals surface area contributed by atoms with Crippen molar-refractivity contribution in [3.8, 4) is 0 Å². The maximum absolute atomic E-state index is 12.1. The number of allylic oxidation sites excluding steroid dienone is 4. The lowest BCUT2D eigenvalue weighted by Gasteiger charge is -2.14. The van der Waals surface area contributed by atoms with Gasteiger partial charge in [-0.3, -0.25) is 0 Å². The van der Waals surface area contributed by atoms with E-state index < -0.39 is 11.7 Å². The van der Waals surface area contributed by atoms with Gasteiger partial charge in [0.25, 0.3) is 0 Å². The van der Waals surface area contributed by atoms with Gasteiger partial charge in [0.15, 0.2) is 0 Å². The number of hydrogen-bond donors (Lipinski definition) is 0. The quantitative estimate of drug-likeness (QED) is 0.599. The second kappa shape index (κ2) is 3.21. The van der Waals surface area contributed by atoms with E-state index in [4.69, 9.17) is 4.74 Å². The van der Waals surface area contributed by atoms with Gasteiger partial charge in [-0.1, -0.05) is 6.08 Å². The predicted molar refractivity (Wildman–Crippen MR) is 38.5 cm³/mol. The molecule has 12 heavy (non-hydrogen) atoms. The van der Waals surface area contributed by atoms with Crippen molar-refractivity contribution in [2.45, 2.75) is 19.0 Å². The molecule has 0 fully saturated rings. The molecular weight excluding hydrogens is 169 g/mol. The van der Waals surface area contributed by atoms with Crippen LogP contribution in [0.1, 0.15) is 12.8 Å². The van der Waals surface area contributed by atoms with Crippen molar-refractivity contribution in [1.29, 1.82) is 0 Å². The smallest absolute Gasteiger partial charge is 0.416 e. The van der Waals surface area contributed by atoms with Gasteiger partial charge in [0, 0.05) is 6.42 Å². The topological polar surface area (TPSA) is 9.23 Å². The maximum Gasteiger partial charge on any atom is 0.416 e. The molecule has 0 heterocycles. The Morgan fingerprint density at radius 2 is 2.08 bits per heavy atom. The van der Waals surface area contributed by atoms with E-state index in [0.717, 1.165) is 6.08 Å². The minimum atomic E-state index is -4.25. The molecule has 0 aromatic carbocycles. The first-order valence-corrected chi connectivity index (χ1v) is 3.56. The van der Waals surface area contributed by atoms with Gasteiger partial charge >= 0.3 is 6.18 Å². The second-order valence-corrected chi connectivity index (χ2v) is 2.51. The molecule has 0 aromatic heterocycles. The van der Waals surface area contributed by atoms with Gasteiger partial charge in [-0.2, -0.15) is 13.2 Å². The highest BCUT2D eigenvalue weighted by molar-refractivity contribution is 5.29. The van der Waals surface area contributed by atoms with Crippen LogP contribution >= 0.6 is 0 Å². The number of ether oxygens (including phenoxy) is 1. The SMILES string of the molecule is COC1=CC(C(F)(F)F)=CCC1. The third kappa shape index (κ3) is 2.03. The first kappa shape index (κ1) is 9.16. The summed E-state index contributed by atoms with van der Waals surface area (Å²) in [6.07, 6.45) is -1.07. The number of alkyl halides is 3. The Hall–Kier alpha value is -0.930. The minimum Gasteiger partial charge on any atom is -0.501 e. The Balaban J connectivity index is 2.80. The molecule has 0 aromatic rings. The summed E-state index contributed by atoms with van der Waals surface area (Å²) in [5, 5.41) is 0. The molecule has 1 rings (SSSR count). The standard InChI is InChI=1S/C8H9F3O/c1-12-7-4-2-3-6(5-7)8(9,10)11/h3,5H,2,4H2,1H3. The fraction of sp³-hybridized carbons (Fsp3) is 0.500. The molecular formula is C8H9F3O. The Kier molecular flexibility index (Phi) is 2.45. The number of methoxy groups -OCH3 is 1. The van der Waals surface area contributed by atoms with Crippen LogP contribution in [-0.4, -0.2) is 13.3 Å². The molecule has 0 saturated heterocycles. The van der Waals surface area contributed by atoms with E-state index in [-0.39, 0.29) is 0 Å². The molecule has 0 atom stereocenters. The highest BCUT2D eigenvalue weighted by Crippen LogP contribution is 2.31. The molecule has 4 heteroatoms. The van der Waals surface area contributed by atoms with Crippen LogP contribution in [0.4, 0.5) is 13.2 Å². The molecule has 0 N–H and O–H groups in total. The molecule has 0 aliphatic heterocycles. The Bertz CT molecular complexity index is 225. The molecule has 0 saturated carbocycles. The van der Waals surface area contributed by atoms with Crippen molar-refractivity contribution in [3.05, 3.63) is 23.5 Å². The van der Waals surface area contributed by atoms with E-state index in [0.29, 0.717) is 18.6 Å². The van der Waals surface area contributed by atoms with E-state index in [9.17, 15) is 13.2 Å². The summed E-state index contributed by atoms with van der Waals surface area (Å²) in [6, 6.07) is 0. The molecule has 0 radical (unpaired) electrons. The second-order valence-electron chi connectivity index (χ2n) is 2.51. The van der Waals surface area contributed by atoms with Crippen LogP contribution in [0, 0.1) is 0 Å². The largest absolute Gasteiger partial charge is 0.501 e. The number of halogens is 3. The summed E-state index contributed by atoms with van der Waals surface area (Å²) < 4.78 is 41.0. The summed E-state index contributed by atoms with van der Waals surface area (Å²) in [5.41, 5.74) is -0.606. The highest BCUT2D eigenvalue weighted by Gasteiger charge is 2.33. The van der Waals surface area contributed by atoms with Crippen molar-refractivity contribution in [2.24, 2.45) is 0 Å². The van der Waals surface area contributed by atoms with Crippen LogP contribution in [0.5, 0.6) is 0 Å². The normalized spacial score (nSPS) is 18.3. The van der Waals surface area contributed by atoms with Crippen LogP contribution in [0.15, 0.2) is 23.5 Å². The summed E-state index contributed by atoms with van der Waals surface area (Å²) >= 11 is 0. The minimum absolute atomic E-state index is 0.393. The lowest BCUT2D eigenvalue weighted by molar-refractivity contribution is -0.0890. The zero-order valence-corrected chi connectivity index (χ0v) is 6.61. The van der Waals surface area contributed by atoms with Crippen molar-refractivity contribution in [2.75, 3.05) is 7.11 Å². The van der Waals surface area contributed by atoms with Gasteiger partial charge in [0.2, 0.25) is 0 Å². The first-order valence-electron chi connectivity index (χ1n) is 3.56. The van der Waals surface area contributed by atoms with E-state index in [1.54, 1.807) is 0 Å². The number of hydrogen-bond acceptors (Lipinski definition) is 1. The van der Waals surface area contributed by atoms with Crippen molar-refractivity contribution >= 4 is 0 Å². The lowest BCUT2D eigenvalue weighted by atomic mass is 10.1. The molecule has 0 bridgehead atoms. The fourth-order valence-corrected chi connectivity index (χ4v) is 1.03. The molecule has 1 aliphatic rings. The van der Waals surface area contributed by atoms with Crippen LogP contribution < -0.4 is 0 Å². The van der Waals surface area contributed by atoms with Crippen molar-refractivity contribution in [1.82, 2.24) is 0 Å². The van der Waals surface area contributed by atoms with Gasteiger partial charge < -0.3 is 4.74 Å². The van der Waals surface area contributed by atoms with Gasteiger partial charge in [0.05, 0.1) is 18.4 Å². The van der Waals surface area contributed by atoms with Crippen LogP contribution in [0.3, 0.4) is 0 Å². The van der Waals surface area contributed by atoms with E-state index in [2.05, 4.69) is 0 Å². The Morgan fingerprint density at radius 1 is 1.42 bits per heavy atom. The molecule has 0 amide bonds. The lowest BCUT2D eigenvalue weighted by Crippen LogP contribution is -2.12. The van der Waals surface area contributed by atoms with E-state index in [1.807, 2.05) is 0 Å². The van der Waals surface area contributed by atoms with Crippen LogP contribution in [-0.2, 0) is 4.74 Å². The maximum atomic E-state index is 12.1. The van der Waals surface area contributed by atoms with Crippen LogP contribution in [0.25, 0.3) is 0 Å². The molecule has 0 unspecified atom stereocenters. The summed E-state index contributed by atoms with van der Waals surface area (Å²) in [5.74, 6) is 0.393. The predicted octanol–water partition coefficient (Wildman–Crippen LogP) is 2.80. The van der Waals surface area contributed by atoms with E-state index in [1.165, 1.54) is 13.2 Å². The third-order valence-electron chi connectivity index (χ3n) is 1.66. The average molecular weight is 178 g/mol. The molecule has 1 aliphatic carbocycles. The summed E-state index contributed by atoms with van der Waals surface area (Å²) in [7, 11) is 1.38. The average Bonchev–Trinajstić information content (AvgIpc) is 2.03. The summed E-state index contributed by atoms with van der Waals surface area (Å²) in [4.78, 5) is 0. The zero-order chi connectivity index (χ0) is 9.19. The molecule has 68 valence electrons. The van der Waals surface area contributed by atoms with Crippen molar-refractivity contribution in [3.63, 3.8) is 0 Å². The molecule has 0 spiro atoms. The fourth-order valence-electron chi connectivity index (χ4n) is 1.03. The Labute approximate surface area is 68.5 Å². The van der Waals surface area contributed by atoms with Gasteiger partial charge in [-0.25, -0.2) is 0 Å². The Morgan fingerprint density at radius 3 is 2.58 bits per heavy atom. The monoisotopic (exact) mass is 178 g/mol. The zero-order valence-electron chi connectivity index (χ0n) is 6.61. The van der Waals surface area contributed by atoms with Crippen molar-refractivity contribution < 1.29 is 17.9 Å². The van der Waals surface area contributed by atoms with Gasteiger partial charge in [-0.15, -0.1) is 0 Å². The van der Waals surface area contributed by atoms with Gasteiger partial charge in [0.1, 0.15) is 0 Å². The number of rotatable bonds is 1. The van der Waals surface area contributed by atoms with Crippen LogP contribution in [0.2, 0.25) is 0 Å². The third-order valence-corrected chi connectivity index (χ3v) is 1.66. The highest BCUT2D eigenvalue weighted by atomic mass is 19.4. The first-order chi connectivity index (χ1) is 5.54.